The highest BCUT2D eigenvalue weighted by molar-refractivity contribution is 6.36. The monoisotopic (exact) mass is 271 g/mol. The minimum atomic E-state index is -1.20. The summed E-state index contributed by atoms with van der Waals surface area (Å²) in [5.41, 5.74) is -0.175. The Kier molecular flexibility index (Phi) is 4.85. The van der Waals surface area contributed by atoms with Crippen molar-refractivity contribution in [2.24, 2.45) is 11.1 Å². The number of nitrogens with zero attached hydrogens (tertiary/aromatic N) is 2. The number of hydrogen-bond donors (Lipinski definition) is 2. The lowest BCUT2D eigenvalue weighted by Gasteiger charge is -2.22. The summed E-state index contributed by atoms with van der Waals surface area (Å²) < 4.78 is 0. The van der Waals surface area contributed by atoms with Gasteiger partial charge >= 0.3 is 5.97 Å². The quantitative estimate of drug-likeness (QED) is 0.670. The normalized spacial score (nSPS) is 19.1. The minimum Gasteiger partial charge on any atom is -0.477 e. The van der Waals surface area contributed by atoms with E-state index in [0.29, 0.717) is 0 Å². The second kappa shape index (κ2) is 6.17. The van der Waals surface area contributed by atoms with Gasteiger partial charge < -0.3 is 20.2 Å². The number of oxime groups is 1. The van der Waals surface area contributed by atoms with Crippen LogP contribution in [0.15, 0.2) is 5.16 Å². The van der Waals surface area contributed by atoms with Crippen LogP contribution in [0, 0.1) is 5.92 Å². The lowest BCUT2D eigenvalue weighted by molar-refractivity contribution is -0.141. The van der Waals surface area contributed by atoms with E-state index in [-0.39, 0.29) is 30.5 Å². The fourth-order valence-corrected chi connectivity index (χ4v) is 1.71. The first-order valence-corrected chi connectivity index (χ1v) is 5.79. The molecule has 2 amide bonds. The van der Waals surface area contributed by atoms with Crippen molar-refractivity contribution in [2.75, 3.05) is 20.6 Å². The Balaban J connectivity index is 2.51. The van der Waals surface area contributed by atoms with Gasteiger partial charge in [0, 0.05) is 27.1 Å². The Morgan fingerprint density at radius 3 is 2.68 bits per heavy atom. The second-order valence-corrected chi connectivity index (χ2v) is 4.38. The highest BCUT2D eigenvalue weighted by Crippen LogP contribution is 2.14. The van der Waals surface area contributed by atoms with Crippen molar-refractivity contribution >= 4 is 23.5 Å². The summed E-state index contributed by atoms with van der Waals surface area (Å²) in [5.74, 6) is -2.12. The number of amides is 2. The predicted octanol–water partition coefficient (Wildman–Crippen LogP) is -0.944. The molecule has 0 saturated carbocycles. The van der Waals surface area contributed by atoms with E-state index < -0.39 is 18.0 Å². The number of nitrogens with one attached hydrogen (secondary N) is 1. The molecule has 2 atom stereocenters. The predicted molar refractivity (Wildman–Crippen MR) is 65.4 cm³/mol. The zero-order valence-corrected chi connectivity index (χ0v) is 11.0. The molecule has 1 rings (SSSR count). The molecular formula is C11H17N3O5. The zero-order valence-electron chi connectivity index (χ0n) is 11.0. The number of rotatable bonds is 5. The van der Waals surface area contributed by atoms with Crippen molar-refractivity contribution in [2.45, 2.75) is 19.4 Å². The van der Waals surface area contributed by atoms with E-state index in [1.807, 2.05) is 0 Å². The lowest BCUT2D eigenvalue weighted by Crippen LogP contribution is -2.42. The number of carboxylic acid groups (broad SMARTS) is 1. The number of carboxylic acids is 1. The molecular weight excluding hydrogens is 254 g/mol. The van der Waals surface area contributed by atoms with E-state index in [0.717, 1.165) is 0 Å². The van der Waals surface area contributed by atoms with E-state index in [9.17, 15) is 14.4 Å². The summed E-state index contributed by atoms with van der Waals surface area (Å²) in [7, 11) is 3.05. The van der Waals surface area contributed by atoms with Crippen LogP contribution in [0.25, 0.3) is 0 Å². The molecule has 0 aromatic rings. The summed E-state index contributed by atoms with van der Waals surface area (Å²) in [6.45, 7) is 1.91. The molecule has 0 spiro atoms. The maximum absolute atomic E-state index is 12.0. The Morgan fingerprint density at radius 1 is 1.58 bits per heavy atom. The van der Waals surface area contributed by atoms with Crippen LogP contribution >= 0.6 is 0 Å². The average Bonchev–Trinajstić information content (AvgIpc) is 2.86. The first-order valence-electron chi connectivity index (χ1n) is 5.79. The molecule has 0 saturated heterocycles. The Morgan fingerprint density at radius 2 is 2.21 bits per heavy atom. The van der Waals surface area contributed by atoms with Crippen LogP contribution in [0.4, 0.5) is 0 Å². The van der Waals surface area contributed by atoms with Gasteiger partial charge in [-0.1, -0.05) is 12.1 Å². The van der Waals surface area contributed by atoms with Crippen molar-refractivity contribution < 1.29 is 24.3 Å². The van der Waals surface area contributed by atoms with Gasteiger partial charge in [-0.2, -0.15) is 0 Å². The van der Waals surface area contributed by atoms with Crippen molar-refractivity contribution in [1.82, 2.24) is 10.2 Å². The summed E-state index contributed by atoms with van der Waals surface area (Å²) in [5, 5.41) is 14.5. The summed E-state index contributed by atoms with van der Waals surface area (Å²) >= 11 is 0. The topological polar surface area (TPSA) is 108 Å². The molecule has 19 heavy (non-hydrogen) atoms. The second-order valence-electron chi connectivity index (χ2n) is 4.38. The van der Waals surface area contributed by atoms with E-state index in [1.54, 1.807) is 6.92 Å². The van der Waals surface area contributed by atoms with Crippen LogP contribution in [0.5, 0.6) is 0 Å². The third kappa shape index (κ3) is 3.67. The molecule has 0 bridgehead atoms. The summed E-state index contributed by atoms with van der Waals surface area (Å²) in [4.78, 5) is 40.1. The van der Waals surface area contributed by atoms with Gasteiger partial charge in [-0.25, -0.2) is 4.79 Å². The molecule has 0 fully saturated rings. The number of carbonyl (C=O) groups is 3. The molecule has 0 aliphatic carbocycles. The molecule has 0 aromatic heterocycles. The Hall–Kier alpha value is -2.12. The molecule has 2 unspecified atom stereocenters. The van der Waals surface area contributed by atoms with Gasteiger partial charge in [-0.3, -0.25) is 9.59 Å². The number of hydrogen-bond acceptors (Lipinski definition) is 5. The number of carbonyl (C=O) groups excluding carboxylic acids is 2. The van der Waals surface area contributed by atoms with Gasteiger partial charge in [0.05, 0.1) is 5.92 Å². The fraction of sp³-hybridized carbons (Fsp3) is 0.636. The van der Waals surface area contributed by atoms with Crippen molar-refractivity contribution in [1.29, 1.82) is 0 Å². The molecule has 0 radical (unpaired) electrons. The van der Waals surface area contributed by atoms with E-state index >= 15 is 0 Å². The van der Waals surface area contributed by atoms with Gasteiger partial charge in [-0.15, -0.1) is 0 Å². The van der Waals surface area contributed by atoms with Crippen LogP contribution in [-0.2, 0) is 19.2 Å². The van der Waals surface area contributed by atoms with Gasteiger partial charge in [0.25, 0.3) is 5.91 Å². The fourth-order valence-electron chi connectivity index (χ4n) is 1.71. The maximum atomic E-state index is 12.0. The zero-order chi connectivity index (χ0) is 14.6. The van der Waals surface area contributed by atoms with Crippen LogP contribution in [0.1, 0.15) is 13.3 Å². The first kappa shape index (κ1) is 14.9. The summed E-state index contributed by atoms with van der Waals surface area (Å²) in [6, 6.07) is 0. The molecule has 0 aromatic carbocycles. The summed E-state index contributed by atoms with van der Waals surface area (Å²) in [6.07, 6.45) is -0.986. The highest BCUT2D eigenvalue weighted by Gasteiger charge is 2.34. The molecule has 8 nitrogen and oxygen atoms in total. The molecule has 1 heterocycles. The third-order valence-corrected chi connectivity index (χ3v) is 2.81. The van der Waals surface area contributed by atoms with Crippen molar-refractivity contribution in [3.8, 4) is 0 Å². The van der Waals surface area contributed by atoms with Crippen LogP contribution in [0.3, 0.4) is 0 Å². The van der Waals surface area contributed by atoms with E-state index in [2.05, 4.69) is 10.5 Å². The van der Waals surface area contributed by atoms with Crippen LogP contribution in [-0.4, -0.2) is 60.2 Å². The van der Waals surface area contributed by atoms with Crippen molar-refractivity contribution in [3.63, 3.8) is 0 Å². The first-order chi connectivity index (χ1) is 8.86. The van der Waals surface area contributed by atoms with Gasteiger partial charge in [0.2, 0.25) is 12.0 Å². The molecule has 8 heteroatoms. The van der Waals surface area contributed by atoms with Gasteiger partial charge in [0.1, 0.15) is 0 Å². The van der Waals surface area contributed by atoms with E-state index in [1.165, 1.54) is 19.0 Å². The molecule has 106 valence electrons. The number of likely N-dealkylation sites (N-methyl/N-ethyl adjacent to an activating group) is 1. The maximum Gasteiger partial charge on any atom is 0.353 e. The van der Waals surface area contributed by atoms with Crippen LogP contribution < -0.4 is 5.32 Å². The van der Waals surface area contributed by atoms with Gasteiger partial charge in [0.15, 0.2) is 5.71 Å². The SMILES string of the molecule is CNC(=O)C(C)CN(C)C(=O)C1CC(C(=O)O)=NO1. The van der Waals surface area contributed by atoms with Crippen LogP contribution in [0.2, 0.25) is 0 Å². The molecule has 1 aliphatic rings. The lowest BCUT2D eigenvalue weighted by atomic mass is 10.1. The smallest absolute Gasteiger partial charge is 0.353 e. The Bertz CT molecular complexity index is 421. The molecule has 2 N–H and O–H groups in total. The van der Waals surface area contributed by atoms with E-state index in [4.69, 9.17) is 9.94 Å². The largest absolute Gasteiger partial charge is 0.477 e. The molecule has 1 aliphatic heterocycles. The Labute approximate surface area is 110 Å². The third-order valence-electron chi connectivity index (χ3n) is 2.81. The van der Waals surface area contributed by atoms with Gasteiger partial charge in [-0.05, 0) is 0 Å². The average molecular weight is 271 g/mol. The van der Waals surface area contributed by atoms with Crippen molar-refractivity contribution in [3.05, 3.63) is 0 Å². The highest BCUT2D eigenvalue weighted by atomic mass is 16.6. The standard InChI is InChI=1S/C11H17N3O5/c1-6(9(15)12-2)5-14(3)10(16)8-4-7(11(17)18)13-19-8/h6,8H,4-5H2,1-3H3,(H,12,15)(H,17,18). The number of aliphatic carboxylic acids is 1. The minimum absolute atomic E-state index is 0.0626.